The average molecular weight is 327 g/mol. The molecule has 21 heavy (non-hydrogen) atoms. The Balaban J connectivity index is 1.79. The second-order valence-corrected chi connectivity index (χ2v) is 6.61. The molecule has 1 aliphatic heterocycles. The summed E-state index contributed by atoms with van der Waals surface area (Å²) in [6.07, 6.45) is 4.21. The quantitative estimate of drug-likeness (QED) is 0.632. The number of halogens is 2. The van der Waals surface area contributed by atoms with Crippen molar-refractivity contribution in [1.82, 2.24) is 9.88 Å². The molecule has 2 atom stereocenters. The Kier molecular flexibility index (Phi) is 3.93. The highest BCUT2D eigenvalue weighted by Gasteiger charge is 2.52. The third-order valence-corrected chi connectivity index (χ3v) is 5.19. The molecule has 2 heterocycles. The van der Waals surface area contributed by atoms with Crippen molar-refractivity contribution in [3.05, 3.63) is 28.0 Å². The van der Waals surface area contributed by atoms with Crippen LogP contribution in [0, 0.1) is 17.8 Å². The number of imide groups is 1. The summed E-state index contributed by atoms with van der Waals surface area (Å²) in [5, 5.41) is 0.726. The number of hydrogen-bond acceptors (Lipinski definition) is 3. The molecule has 112 valence electrons. The van der Waals surface area contributed by atoms with Crippen LogP contribution in [-0.2, 0) is 16.1 Å². The number of pyridine rings is 1. The van der Waals surface area contributed by atoms with Crippen molar-refractivity contribution in [2.24, 2.45) is 17.8 Å². The summed E-state index contributed by atoms with van der Waals surface area (Å²) in [4.78, 5) is 30.2. The molecule has 1 aromatic heterocycles. The molecule has 0 bridgehead atoms. The third-order valence-electron chi connectivity index (χ3n) is 4.63. The van der Waals surface area contributed by atoms with Crippen LogP contribution in [0.15, 0.2) is 12.3 Å². The van der Waals surface area contributed by atoms with E-state index in [4.69, 9.17) is 23.2 Å². The van der Waals surface area contributed by atoms with E-state index in [9.17, 15) is 9.59 Å². The predicted molar refractivity (Wildman–Crippen MR) is 79.8 cm³/mol. The SMILES string of the molecule is CCC1CC2C(=O)N(Cc3cnc(Cl)cc3Cl)C(=O)C2C1. The lowest BCUT2D eigenvalue weighted by atomic mass is 10.00. The number of carbonyl (C=O) groups is 2. The fraction of sp³-hybridized carbons (Fsp3) is 0.533. The van der Waals surface area contributed by atoms with Crippen LogP contribution in [0.3, 0.4) is 0 Å². The molecule has 2 aliphatic rings. The van der Waals surface area contributed by atoms with Crippen molar-refractivity contribution in [3.8, 4) is 0 Å². The van der Waals surface area contributed by atoms with Gasteiger partial charge in [-0.1, -0.05) is 36.5 Å². The Morgan fingerprint density at radius 3 is 2.38 bits per heavy atom. The zero-order valence-electron chi connectivity index (χ0n) is 11.7. The topological polar surface area (TPSA) is 50.3 Å². The first kappa shape index (κ1) is 14.8. The van der Waals surface area contributed by atoms with Crippen LogP contribution in [0.25, 0.3) is 0 Å². The molecular formula is C15H16Cl2N2O2. The van der Waals surface area contributed by atoms with E-state index in [1.165, 1.54) is 17.2 Å². The summed E-state index contributed by atoms with van der Waals surface area (Å²) in [7, 11) is 0. The van der Waals surface area contributed by atoms with Gasteiger partial charge in [0.2, 0.25) is 11.8 Å². The van der Waals surface area contributed by atoms with Gasteiger partial charge in [-0.25, -0.2) is 4.98 Å². The average Bonchev–Trinajstić information content (AvgIpc) is 2.97. The molecule has 1 saturated carbocycles. The van der Waals surface area contributed by atoms with Gasteiger partial charge < -0.3 is 0 Å². The molecule has 3 rings (SSSR count). The third kappa shape index (κ3) is 2.55. The van der Waals surface area contributed by atoms with Crippen molar-refractivity contribution in [1.29, 1.82) is 0 Å². The van der Waals surface area contributed by atoms with Crippen molar-refractivity contribution in [3.63, 3.8) is 0 Å². The molecule has 0 aromatic carbocycles. The summed E-state index contributed by atoms with van der Waals surface area (Å²) in [6, 6.07) is 1.53. The summed E-state index contributed by atoms with van der Waals surface area (Å²) < 4.78 is 0. The highest BCUT2D eigenvalue weighted by Crippen LogP contribution is 2.44. The number of nitrogens with zero attached hydrogens (tertiary/aromatic N) is 2. The number of rotatable bonds is 3. The fourth-order valence-electron chi connectivity index (χ4n) is 3.41. The van der Waals surface area contributed by atoms with Gasteiger partial charge in [0.1, 0.15) is 5.15 Å². The van der Waals surface area contributed by atoms with E-state index in [1.54, 1.807) is 0 Å². The molecule has 4 nitrogen and oxygen atoms in total. The van der Waals surface area contributed by atoms with Crippen molar-refractivity contribution >= 4 is 35.0 Å². The molecule has 0 N–H and O–H groups in total. The highest BCUT2D eigenvalue weighted by molar-refractivity contribution is 6.34. The smallest absolute Gasteiger partial charge is 0.233 e. The Hall–Kier alpha value is -1.13. The van der Waals surface area contributed by atoms with E-state index >= 15 is 0 Å². The minimum absolute atomic E-state index is 0.0630. The minimum atomic E-state index is -0.138. The Morgan fingerprint density at radius 1 is 1.24 bits per heavy atom. The fourth-order valence-corrected chi connectivity index (χ4v) is 3.84. The van der Waals surface area contributed by atoms with Crippen LogP contribution >= 0.6 is 23.2 Å². The van der Waals surface area contributed by atoms with Gasteiger partial charge in [-0.15, -0.1) is 0 Å². The molecule has 1 aliphatic carbocycles. The number of fused-ring (bicyclic) bond motifs is 1. The van der Waals surface area contributed by atoms with Crippen LogP contribution in [0.4, 0.5) is 0 Å². The highest BCUT2D eigenvalue weighted by atomic mass is 35.5. The second-order valence-electron chi connectivity index (χ2n) is 5.82. The maximum atomic E-state index is 12.5. The molecule has 1 aromatic rings. The summed E-state index contributed by atoms with van der Waals surface area (Å²) in [6.45, 7) is 2.29. The molecule has 2 fully saturated rings. The van der Waals surface area contributed by atoms with Gasteiger partial charge in [0.05, 0.1) is 23.4 Å². The lowest BCUT2D eigenvalue weighted by Gasteiger charge is -2.18. The molecular weight excluding hydrogens is 311 g/mol. The Morgan fingerprint density at radius 2 is 1.86 bits per heavy atom. The predicted octanol–water partition coefficient (Wildman–Crippen LogP) is 3.31. The largest absolute Gasteiger partial charge is 0.277 e. The molecule has 2 amide bonds. The van der Waals surface area contributed by atoms with Gasteiger partial charge in [-0.2, -0.15) is 0 Å². The van der Waals surface area contributed by atoms with Crippen molar-refractivity contribution in [2.45, 2.75) is 32.7 Å². The maximum Gasteiger partial charge on any atom is 0.233 e. The summed E-state index contributed by atoms with van der Waals surface area (Å²) in [5.41, 5.74) is 0.648. The first-order valence-corrected chi connectivity index (χ1v) is 7.92. The Bertz CT molecular complexity index is 581. The van der Waals surface area contributed by atoms with Crippen LogP contribution in [0.2, 0.25) is 10.2 Å². The molecule has 1 saturated heterocycles. The van der Waals surface area contributed by atoms with Gasteiger partial charge in [0, 0.05) is 11.8 Å². The van der Waals surface area contributed by atoms with Crippen LogP contribution in [-0.4, -0.2) is 21.7 Å². The number of carbonyl (C=O) groups excluding carboxylic acids is 2. The number of likely N-dealkylation sites (tertiary alicyclic amines) is 1. The lowest BCUT2D eigenvalue weighted by molar-refractivity contribution is -0.141. The molecule has 2 unspecified atom stereocenters. The lowest BCUT2D eigenvalue weighted by Crippen LogP contribution is -2.32. The number of aromatic nitrogens is 1. The minimum Gasteiger partial charge on any atom is -0.277 e. The van der Waals surface area contributed by atoms with Crippen molar-refractivity contribution < 1.29 is 9.59 Å². The van der Waals surface area contributed by atoms with Crippen LogP contribution in [0.5, 0.6) is 0 Å². The maximum absolute atomic E-state index is 12.5. The molecule has 0 radical (unpaired) electrons. The molecule has 0 spiro atoms. The van der Waals surface area contributed by atoms with Crippen LogP contribution in [0.1, 0.15) is 31.7 Å². The van der Waals surface area contributed by atoms with Gasteiger partial charge in [0.15, 0.2) is 0 Å². The van der Waals surface area contributed by atoms with Gasteiger partial charge in [0.25, 0.3) is 0 Å². The van der Waals surface area contributed by atoms with Crippen LogP contribution < -0.4 is 0 Å². The van der Waals surface area contributed by atoms with Gasteiger partial charge in [-0.3, -0.25) is 14.5 Å². The first-order chi connectivity index (χ1) is 10.0. The zero-order valence-corrected chi connectivity index (χ0v) is 13.2. The zero-order chi connectivity index (χ0) is 15.1. The summed E-state index contributed by atoms with van der Waals surface area (Å²) >= 11 is 11.9. The monoisotopic (exact) mass is 326 g/mol. The first-order valence-electron chi connectivity index (χ1n) is 7.16. The standard InChI is InChI=1S/C15H16Cl2N2O2/c1-2-8-3-10-11(4-8)15(21)19(14(10)20)7-9-6-18-13(17)5-12(9)16/h5-6,8,10-11H,2-4,7H2,1H3. The van der Waals surface area contributed by atoms with E-state index in [0.29, 0.717) is 21.7 Å². The summed E-state index contributed by atoms with van der Waals surface area (Å²) in [5.74, 6) is 0.0951. The number of hydrogen-bond donors (Lipinski definition) is 0. The second kappa shape index (κ2) is 5.58. The molecule has 6 heteroatoms. The van der Waals surface area contributed by atoms with E-state index < -0.39 is 0 Å². The normalized spacial score (nSPS) is 28.3. The van der Waals surface area contributed by atoms with Gasteiger partial charge in [-0.05, 0) is 24.8 Å². The van der Waals surface area contributed by atoms with E-state index in [2.05, 4.69) is 11.9 Å². The van der Waals surface area contributed by atoms with E-state index in [-0.39, 0.29) is 30.2 Å². The van der Waals surface area contributed by atoms with Gasteiger partial charge >= 0.3 is 0 Å². The Labute approximate surface area is 133 Å². The van der Waals surface area contributed by atoms with E-state index in [1.807, 2.05) is 0 Å². The number of amides is 2. The van der Waals surface area contributed by atoms with Crippen molar-refractivity contribution in [2.75, 3.05) is 0 Å². The van der Waals surface area contributed by atoms with E-state index in [0.717, 1.165) is 19.3 Å².